The third kappa shape index (κ3) is 4.14. The largest absolute Gasteiger partial charge is 0.508 e. The second-order valence-electron chi connectivity index (χ2n) is 9.30. The number of piperidine rings is 1. The van der Waals surface area contributed by atoms with E-state index in [1.54, 1.807) is 21.9 Å². The number of rotatable bonds is 1. The minimum atomic E-state index is -0.517. The minimum Gasteiger partial charge on any atom is -0.508 e. The highest BCUT2D eigenvalue weighted by molar-refractivity contribution is 5.78. The number of ether oxygens (including phenoxy) is 2. The Bertz CT molecular complexity index is 1000. The third-order valence-corrected chi connectivity index (χ3v) is 5.95. The number of amides is 1. The van der Waals surface area contributed by atoms with E-state index in [1.807, 2.05) is 20.8 Å². The van der Waals surface area contributed by atoms with E-state index < -0.39 is 5.60 Å². The number of nitrogens with zero attached hydrogens (tertiary/aromatic N) is 3. The van der Waals surface area contributed by atoms with Crippen molar-refractivity contribution in [2.75, 3.05) is 19.7 Å². The SMILES string of the molecule is CC(C)(C)OC(=O)N1CCC2(CC1)CC(n1cnc3ccc(O)cc3c1=O)CCO2. The van der Waals surface area contributed by atoms with E-state index >= 15 is 0 Å². The second kappa shape index (κ2) is 7.58. The Balaban J connectivity index is 1.49. The summed E-state index contributed by atoms with van der Waals surface area (Å²) in [5, 5.41) is 10.2. The van der Waals surface area contributed by atoms with Gasteiger partial charge in [-0.15, -0.1) is 0 Å². The maximum Gasteiger partial charge on any atom is 0.410 e. The Morgan fingerprint density at radius 2 is 2.03 bits per heavy atom. The van der Waals surface area contributed by atoms with Gasteiger partial charge in [-0.1, -0.05) is 0 Å². The van der Waals surface area contributed by atoms with Gasteiger partial charge in [-0.05, 0) is 64.7 Å². The number of carbonyl (C=O) groups is 1. The molecule has 3 heterocycles. The molecule has 4 rings (SSSR count). The average molecular weight is 415 g/mol. The molecule has 2 saturated heterocycles. The van der Waals surface area contributed by atoms with Crippen LogP contribution in [0.25, 0.3) is 10.9 Å². The Morgan fingerprint density at radius 1 is 1.30 bits per heavy atom. The molecule has 2 aliphatic rings. The van der Waals surface area contributed by atoms with E-state index in [4.69, 9.17) is 9.47 Å². The van der Waals surface area contributed by atoms with Gasteiger partial charge in [0.05, 0.1) is 22.8 Å². The molecule has 0 radical (unpaired) electrons. The molecule has 1 unspecified atom stereocenters. The standard InChI is InChI=1S/C22H29N3O5/c1-21(2,3)30-20(28)24-9-7-22(8-10-24)13-15(6-11-29-22)25-14-23-18-5-4-16(26)12-17(18)19(25)27/h4-5,12,14-15,26H,6-11,13H2,1-3H3. The van der Waals surface area contributed by atoms with Crippen LogP contribution in [0.5, 0.6) is 5.75 Å². The monoisotopic (exact) mass is 415 g/mol. The topological polar surface area (TPSA) is 93.9 Å². The average Bonchev–Trinajstić information content (AvgIpc) is 2.68. The summed E-state index contributed by atoms with van der Waals surface area (Å²) in [7, 11) is 0. The van der Waals surface area contributed by atoms with Crippen molar-refractivity contribution in [1.29, 1.82) is 0 Å². The fourth-order valence-electron chi connectivity index (χ4n) is 4.39. The summed E-state index contributed by atoms with van der Waals surface area (Å²) in [6, 6.07) is 4.61. The third-order valence-electron chi connectivity index (χ3n) is 5.95. The van der Waals surface area contributed by atoms with Gasteiger partial charge < -0.3 is 19.5 Å². The smallest absolute Gasteiger partial charge is 0.410 e. The molecule has 8 nitrogen and oxygen atoms in total. The van der Waals surface area contributed by atoms with Crippen LogP contribution in [0.1, 0.15) is 52.5 Å². The molecule has 8 heteroatoms. The summed E-state index contributed by atoms with van der Waals surface area (Å²) in [6.07, 6.45) is 4.14. The number of hydrogen-bond acceptors (Lipinski definition) is 6. The van der Waals surface area contributed by atoms with Crippen LogP contribution < -0.4 is 5.56 Å². The number of hydrogen-bond donors (Lipinski definition) is 1. The summed E-state index contributed by atoms with van der Waals surface area (Å²) >= 11 is 0. The van der Waals surface area contributed by atoms with Crippen molar-refractivity contribution in [3.05, 3.63) is 34.9 Å². The highest BCUT2D eigenvalue weighted by atomic mass is 16.6. The van der Waals surface area contributed by atoms with E-state index in [0.717, 1.165) is 6.42 Å². The van der Waals surface area contributed by atoms with Crippen LogP contribution in [-0.2, 0) is 9.47 Å². The van der Waals surface area contributed by atoms with Gasteiger partial charge in [-0.3, -0.25) is 9.36 Å². The number of fused-ring (bicyclic) bond motifs is 1. The number of phenols is 1. The minimum absolute atomic E-state index is 0.0291. The van der Waals surface area contributed by atoms with Crippen molar-refractivity contribution in [2.45, 2.75) is 63.7 Å². The normalized spacial score (nSPS) is 21.7. The Kier molecular flexibility index (Phi) is 5.22. The first-order valence-corrected chi connectivity index (χ1v) is 10.5. The van der Waals surface area contributed by atoms with Crippen LogP contribution in [-0.4, -0.2) is 56.5 Å². The number of aromatic nitrogens is 2. The zero-order valence-corrected chi connectivity index (χ0v) is 17.8. The summed E-state index contributed by atoms with van der Waals surface area (Å²) in [6.45, 7) is 7.28. The van der Waals surface area contributed by atoms with Gasteiger partial charge in [0.1, 0.15) is 11.4 Å². The number of phenolic OH excluding ortho intramolecular Hbond substituents is 1. The quantitative estimate of drug-likeness (QED) is 0.769. The number of aromatic hydroxyl groups is 1. The van der Waals surface area contributed by atoms with Crippen LogP contribution in [0.3, 0.4) is 0 Å². The first-order valence-electron chi connectivity index (χ1n) is 10.5. The van der Waals surface area contributed by atoms with Gasteiger partial charge in [-0.25, -0.2) is 9.78 Å². The summed E-state index contributed by atoms with van der Waals surface area (Å²) in [5.41, 5.74) is -0.447. The Labute approximate surface area is 175 Å². The zero-order valence-electron chi connectivity index (χ0n) is 17.8. The van der Waals surface area contributed by atoms with Gasteiger partial charge in [0.2, 0.25) is 0 Å². The van der Waals surface area contributed by atoms with E-state index in [9.17, 15) is 14.7 Å². The second-order valence-corrected chi connectivity index (χ2v) is 9.30. The summed E-state index contributed by atoms with van der Waals surface area (Å²) < 4.78 is 13.3. The molecule has 162 valence electrons. The fraction of sp³-hybridized carbons (Fsp3) is 0.591. The van der Waals surface area contributed by atoms with E-state index in [-0.39, 0.29) is 29.0 Å². The molecule has 2 aliphatic heterocycles. The predicted octanol–water partition coefficient (Wildman–Crippen LogP) is 3.22. The number of carbonyl (C=O) groups excluding carboxylic acids is 1. The van der Waals surface area contributed by atoms with Crippen molar-refractivity contribution in [3.8, 4) is 5.75 Å². The Hall–Kier alpha value is -2.61. The van der Waals surface area contributed by atoms with Crippen molar-refractivity contribution >= 4 is 17.0 Å². The molecule has 2 aromatic rings. The fourth-order valence-corrected chi connectivity index (χ4v) is 4.39. The number of benzene rings is 1. The highest BCUT2D eigenvalue weighted by Gasteiger charge is 2.42. The molecule has 30 heavy (non-hydrogen) atoms. The maximum atomic E-state index is 13.0. The van der Waals surface area contributed by atoms with Gasteiger partial charge in [0, 0.05) is 25.7 Å². The summed E-state index contributed by atoms with van der Waals surface area (Å²) in [5.74, 6) is 0.0529. The molecule has 1 spiro atoms. The van der Waals surface area contributed by atoms with Crippen molar-refractivity contribution in [1.82, 2.24) is 14.5 Å². The molecule has 0 saturated carbocycles. The van der Waals surface area contributed by atoms with Crippen molar-refractivity contribution < 1.29 is 19.4 Å². The molecule has 1 atom stereocenters. The molecule has 2 fully saturated rings. The van der Waals surface area contributed by atoms with Gasteiger partial charge in [0.25, 0.3) is 5.56 Å². The molecular weight excluding hydrogens is 386 g/mol. The van der Waals surface area contributed by atoms with Crippen LogP contribution >= 0.6 is 0 Å². The van der Waals surface area contributed by atoms with Crippen molar-refractivity contribution in [2.24, 2.45) is 0 Å². The molecule has 1 aromatic heterocycles. The lowest BCUT2D eigenvalue weighted by Gasteiger charge is -2.46. The lowest BCUT2D eigenvalue weighted by Crippen LogP contribution is -2.52. The van der Waals surface area contributed by atoms with E-state index in [2.05, 4.69) is 4.98 Å². The molecule has 1 amide bonds. The van der Waals surface area contributed by atoms with Gasteiger partial charge >= 0.3 is 6.09 Å². The lowest BCUT2D eigenvalue weighted by molar-refractivity contribution is -0.123. The maximum absolute atomic E-state index is 13.0. The van der Waals surface area contributed by atoms with Crippen molar-refractivity contribution in [3.63, 3.8) is 0 Å². The molecule has 0 bridgehead atoms. The van der Waals surface area contributed by atoms with Gasteiger partial charge in [-0.2, -0.15) is 0 Å². The van der Waals surface area contributed by atoms with Crippen LogP contribution in [0, 0.1) is 0 Å². The predicted molar refractivity (Wildman–Crippen MR) is 112 cm³/mol. The first kappa shape index (κ1) is 20.7. The van der Waals surface area contributed by atoms with Crippen LogP contribution in [0.4, 0.5) is 4.79 Å². The Morgan fingerprint density at radius 3 is 2.73 bits per heavy atom. The van der Waals surface area contributed by atoms with E-state index in [1.165, 1.54) is 12.1 Å². The molecule has 1 N–H and O–H groups in total. The first-order chi connectivity index (χ1) is 14.2. The highest BCUT2D eigenvalue weighted by Crippen LogP contribution is 2.39. The summed E-state index contributed by atoms with van der Waals surface area (Å²) in [4.78, 5) is 31.5. The lowest BCUT2D eigenvalue weighted by atomic mass is 9.82. The molecule has 1 aromatic carbocycles. The molecule has 0 aliphatic carbocycles. The molecular formula is C22H29N3O5. The number of likely N-dealkylation sites (tertiary alicyclic amines) is 1. The zero-order chi connectivity index (χ0) is 21.5. The van der Waals surface area contributed by atoms with Crippen LogP contribution in [0.2, 0.25) is 0 Å². The van der Waals surface area contributed by atoms with Gasteiger partial charge in [0.15, 0.2) is 0 Å². The van der Waals surface area contributed by atoms with E-state index in [0.29, 0.717) is 49.9 Å². The van der Waals surface area contributed by atoms with Crippen LogP contribution in [0.15, 0.2) is 29.3 Å².